The van der Waals surface area contributed by atoms with Crippen LogP contribution in [-0.2, 0) is 6.54 Å². The summed E-state index contributed by atoms with van der Waals surface area (Å²) in [7, 11) is 0. The van der Waals surface area contributed by atoms with Gasteiger partial charge in [-0.15, -0.1) is 0 Å². The number of aromatic nitrogens is 1. The Kier molecular flexibility index (Phi) is 8.25. The Morgan fingerprint density at radius 2 is 1.73 bits per heavy atom. The van der Waals surface area contributed by atoms with Gasteiger partial charge in [-0.1, -0.05) is 62.0 Å². The molecule has 1 aromatic heterocycles. The fourth-order valence-electron chi connectivity index (χ4n) is 4.52. The fraction of sp³-hybridized carbons (Fsp3) is 0.345. The molecule has 0 unspecified atom stereocenters. The first-order chi connectivity index (χ1) is 16.2. The predicted octanol–water partition coefficient (Wildman–Crippen LogP) is 6.74. The molecular formula is C29H36N3S+. The molecule has 2 aromatic carbocycles. The lowest BCUT2D eigenvalue weighted by atomic mass is 10.1. The van der Waals surface area contributed by atoms with E-state index in [0.29, 0.717) is 0 Å². The molecule has 1 aliphatic rings. The average molecular weight is 459 g/mol. The standard InChI is InChI=1S/C29H36N3S/c1-4-30(5-2)21-11-12-22-32-27-17-9-10-18-28(27)33-29(32)19-13-14-24-20-23-31(6-3)26-16-8-7-15-25(24)26/h7-10,13-20,23H,4-6,11-12,21-22H2,1-3H3/q+1. The Hall–Kier alpha value is -2.56. The minimum absolute atomic E-state index is 0.979. The molecule has 3 aromatic rings. The number of anilines is 1. The highest BCUT2D eigenvalue weighted by Gasteiger charge is 2.23. The van der Waals surface area contributed by atoms with Gasteiger partial charge in [-0.3, -0.25) is 0 Å². The largest absolute Gasteiger partial charge is 0.335 e. The molecule has 0 bridgehead atoms. The summed E-state index contributed by atoms with van der Waals surface area (Å²) in [6, 6.07) is 19.7. The molecule has 0 saturated heterocycles. The molecule has 1 aliphatic heterocycles. The van der Waals surface area contributed by atoms with Crippen molar-refractivity contribution in [3.05, 3.63) is 83.5 Å². The van der Waals surface area contributed by atoms with E-state index >= 15 is 0 Å². The lowest BCUT2D eigenvalue weighted by molar-refractivity contribution is -0.667. The number of nitrogens with zero attached hydrogens (tertiary/aromatic N) is 3. The zero-order valence-electron chi connectivity index (χ0n) is 20.2. The maximum absolute atomic E-state index is 2.51. The van der Waals surface area contributed by atoms with Crippen molar-refractivity contribution in [2.24, 2.45) is 0 Å². The maximum atomic E-state index is 2.51. The van der Waals surface area contributed by atoms with Crippen molar-refractivity contribution in [1.29, 1.82) is 0 Å². The molecule has 0 fully saturated rings. The van der Waals surface area contributed by atoms with Gasteiger partial charge in [0.2, 0.25) is 5.52 Å². The fourth-order valence-corrected chi connectivity index (χ4v) is 5.62. The number of hydrogen-bond acceptors (Lipinski definition) is 3. The second-order valence-corrected chi connectivity index (χ2v) is 9.46. The van der Waals surface area contributed by atoms with Crippen LogP contribution >= 0.6 is 11.8 Å². The van der Waals surface area contributed by atoms with Crippen molar-refractivity contribution in [2.75, 3.05) is 31.1 Å². The number of benzene rings is 2. The number of para-hydroxylation sites is 2. The molecule has 0 atom stereocenters. The third-order valence-electron chi connectivity index (χ3n) is 6.45. The molecule has 0 amide bonds. The van der Waals surface area contributed by atoms with E-state index in [-0.39, 0.29) is 0 Å². The highest BCUT2D eigenvalue weighted by Crippen LogP contribution is 2.45. The topological polar surface area (TPSA) is 10.4 Å². The predicted molar refractivity (Wildman–Crippen MR) is 144 cm³/mol. The summed E-state index contributed by atoms with van der Waals surface area (Å²) in [4.78, 5) is 6.37. The Labute approximate surface area is 203 Å². The van der Waals surface area contributed by atoms with Crippen LogP contribution in [0.1, 0.15) is 39.2 Å². The Balaban J connectivity index is 1.51. The van der Waals surface area contributed by atoms with E-state index in [1.165, 1.54) is 51.5 Å². The molecule has 4 rings (SSSR count). The molecule has 172 valence electrons. The number of allylic oxidation sites excluding steroid dienone is 2. The maximum Gasteiger partial charge on any atom is 0.213 e. The molecule has 4 heteroatoms. The zero-order valence-corrected chi connectivity index (χ0v) is 21.0. The van der Waals surface area contributed by atoms with Crippen LogP contribution in [-0.4, -0.2) is 31.1 Å². The van der Waals surface area contributed by atoms with Gasteiger partial charge in [-0.25, -0.2) is 0 Å². The van der Waals surface area contributed by atoms with E-state index in [1.54, 1.807) is 0 Å². The second-order valence-electron chi connectivity index (χ2n) is 8.39. The molecule has 2 heterocycles. The average Bonchev–Trinajstić information content (AvgIpc) is 3.21. The van der Waals surface area contributed by atoms with Gasteiger partial charge < -0.3 is 9.80 Å². The molecule has 0 spiro atoms. The zero-order chi connectivity index (χ0) is 23.0. The van der Waals surface area contributed by atoms with Crippen molar-refractivity contribution in [1.82, 2.24) is 4.90 Å². The molecule has 33 heavy (non-hydrogen) atoms. The van der Waals surface area contributed by atoms with Crippen LogP contribution < -0.4 is 9.47 Å². The van der Waals surface area contributed by atoms with Crippen LogP contribution in [0.25, 0.3) is 17.0 Å². The molecule has 0 aliphatic carbocycles. The Morgan fingerprint density at radius 1 is 0.939 bits per heavy atom. The number of rotatable bonds is 10. The summed E-state index contributed by atoms with van der Waals surface area (Å²) in [5.41, 5.74) is 3.89. The number of hydrogen-bond donors (Lipinski definition) is 0. The summed E-state index contributed by atoms with van der Waals surface area (Å²) in [5, 5.41) is 2.62. The van der Waals surface area contributed by atoms with Crippen molar-refractivity contribution < 1.29 is 4.57 Å². The summed E-state index contributed by atoms with van der Waals surface area (Å²) in [6.07, 6.45) is 11.4. The van der Waals surface area contributed by atoms with Crippen LogP contribution in [0, 0.1) is 0 Å². The minimum Gasteiger partial charge on any atom is -0.335 e. The number of aryl methyl sites for hydroxylation is 1. The summed E-state index contributed by atoms with van der Waals surface area (Å²) in [6.45, 7) is 12.2. The van der Waals surface area contributed by atoms with Crippen LogP contribution in [0.2, 0.25) is 0 Å². The van der Waals surface area contributed by atoms with Gasteiger partial charge in [0.05, 0.1) is 16.1 Å². The van der Waals surface area contributed by atoms with Gasteiger partial charge in [0.1, 0.15) is 6.54 Å². The van der Waals surface area contributed by atoms with Crippen LogP contribution in [0.15, 0.2) is 82.9 Å². The van der Waals surface area contributed by atoms with Crippen molar-refractivity contribution >= 4 is 34.4 Å². The van der Waals surface area contributed by atoms with E-state index in [9.17, 15) is 0 Å². The Morgan fingerprint density at radius 3 is 2.55 bits per heavy atom. The smallest absolute Gasteiger partial charge is 0.213 e. The van der Waals surface area contributed by atoms with Crippen LogP contribution in [0.4, 0.5) is 5.69 Å². The first-order valence-corrected chi connectivity index (χ1v) is 13.1. The minimum atomic E-state index is 0.979. The first kappa shape index (κ1) is 23.6. The van der Waals surface area contributed by atoms with Gasteiger partial charge in [0.25, 0.3) is 0 Å². The molecular weight excluding hydrogens is 422 g/mol. The number of thioether (sulfide) groups is 1. The molecule has 0 saturated carbocycles. The van der Waals surface area contributed by atoms with Crippen molar-refractivity contribution in [2.45, 2.75) is 45.1 Å². The van der Waals surface area contributed by atoms with E-state index in [4.69, 9.17) is 0 Å². The van der Waals surface area contributed by atoms with Gasteiger partial charge in [0.15, 0.2) is 6.20 Å². The summed E-state index contributed by atoms with van der Waals surface area (Å²) < 4.78 is 2.30. The monoisotopic (exact) mass is 458 g/mol. The quantitative estimate of drug-likeness (QED) is 0.246. The van der Waals surface area contributed by atoms with Gasteiger partial charge in [0, 0.05) is 23.6 Å². The highest BCUT2D eigenvalue weighted by molar-refractivity contribution is 8.03. The molecule has 3 nitrogen and oxygen atoms in total. The van der Waals surface area contributed by atoms with Gasteiger partial charge in [-0.05, 0) is 69.2 Å². The second kappa shape index (κ2) is 11.5. The highest BCUT2D eigenvalue weighted by atomic mass is 32.2. The van der Waals surface area contributed by atoms with Crippen LogP contribution in [0.5, 0.6) is 0 Å². The number of unbranched alkanes of at least 4 members (excludes halogenated alkanes) is 1. The summed E-state index contributed by atoms with van der Waals surface area (Å²) in [5.74, 6) is 0. The lowest BCUT2D eigenvalue weighted by Gasteiger charge is -2.22. The van der Waals surface area contributed by atoms with E-state index in [2.05, 4.69) is 114 Å². The molecule has 0 radical (unpaired) electrons. The third-order valence-corrected chi connectivity index (χ3v) is 7.58. The Bertz CT molecular complexity index is 1130. The normalized spacial score (nSPS) is 14.8. The van der Waals surface area contributed by atoms with E-state index in [0.717, 1.165) is 26.2 Å². The van der Waals surface area contributed by atoms with Crippen molar-refractivity contribution in [3.8, 4) is 0 Å². The third kappa shape index (κ3) is 5.51. The first-order valence-electron chi connectivity index (χ1n) is 12.3. The van der Waals surface area contributed by atoms with Gasteiger partial charge >= 0.3 is 0 Å². The van der Waals surface area contributed by atoms with E-state index in [1.807, 2.05) is 11.8 Å². The lowest BCUT2D eigenvalue weighted by Crippen LogP contribution is -2.32. The number of pyridine rings is 1. The molecule has 0 N–H and O–H groups in total. The summed E-state index contributed by atoms with van der Waals surface area (Å²) >= 11 is 1.88. The SMILES string of the molecule is CCN(CC)CCCCN1/C(=C/C=C/c2cc[n+](CC)c3ccccc23)Sc2ccccc21. The van der Waals surface area contributed by atoms with Gasteiger partial charge in [-0.2, -0.15) is 4.57 Å². The van der Waals surface area contributed by atoms with Crippen molar-refractivity contribution in [3.63, 3.8) is 0 Å². The number of fused-ring (bicyclic) bond motifs is 2. The van der Waals surface area contributed by atoms with E-state index < -0.39 is 0 Å². The van der Waals surface area contributed by atoms with Crippen LogP contribution in [0.3, 0.4) is 0 Å².